The highest BCUT2D eigenvalue weighted by atomic mass is 79.9. The van der Waals surface area contributed by atoms with Crippen molar-refractivity contribution in [2.45, 2.75) is 0 Å². The molecular formula is C18H12BrNO3. The van der Waals surface area contributed by atoms with Crippen molar-refractivity contribution in [2.24, 2.45) is 0 Å². The van der Waals surface area contributed by atoms with Gasteiger partial charge in [-0.2, -0.15) is 0 Å². The fourth-order valence-corrected chi connectivity index (χ4v) is 3.08. The van der Waals surface area contributed by atoms with Crippen LogP contribution in [0.3, 0.4) is 0 Å². The van der Waals surface area contributed by atoms with E-state index in [9.17, 15) is 5.11 Å². The van der Waals surface area contributed by atoms with E-state index < -0.39 is 0 Å². The minimum Gasteiger partial charge on any atom is -0.506 e. The lowest BCUT2D eigenvalue weighted by Gasteiger charge is -2.02. The Morgan fingerprint density at radius 2 is 2.00 bits per heavy atom. The first-order valence-corrected chi connectivity index (χ1v) is 7.86. The monoisotopic (exact) mass is 369 g/mol. The number of hydrogen-bond donors (Lipinski definition) is 1. The number of phenols is 1. The second kappa shape index (κ2) is 5.59. The van der Waals surface area contributed by atoms with Crippen LogP contribution >= 0.6 is 15.9 Å². The number of aromatic nitrogens is 1. The van der Waals surface area contributed by atoms with Crippen LogP contribution < -0.4 is 9.47 Å². The number of halogens is 1. The summed E-state index contributed by atoms with van der Waals surface area (Å²) in [6.07, 6.45) is 3.84. The summed E-state index contributed by atoms with van der Waals surface area (Å²) in [7, 11) is 0. The highest BCUT2D eigenvalue weighted by molar-refractivity contribution is 9.10. The molecule has 0 saturated carbocycles. The molecule has 4 nitrogen and oxygen atoms in total. The molecule has 0 radical (unpaired) electrons. The van der Waals surface area contributed by atoms with Gasteiger partial charge in [-0.25, -0.2) is 4.98 Å². The van der Waals surface area contributed by atoms with Gasteiger partial charge in [0.2, 0.25) is 6.79 Å². The minimum atomic E-state index is 0.184. The van der Waals surface area contributed by atoms with E-state index in [0.717, 1.165) is 32.6 Å². The topological polar surface area (TPSA) is 51.6 Å². The van der Waals surface area contributed by atoms with Crippen molar-refractivity contribution in [3.63, 3.8) is 0 Å². The van der Waals surface area contributed by atoms with Crippen LogP contribution in [0.5, 0.6) is 17.2 Å². The lowest BCUT2D eigenvalue weighted by atomic mass is 10.1. The Morgan fingerprint density at radius 1 is 1.09 bits per heavy atom. The number of aromatic hydroxyl groups is 1. The van der Waals surface area contributed by atoms with Gasteiger partial charge in [-0.3, -0.25) is 0 Å². The maximum atomic E-state index is 9.90. The predicted molar refractivity (Wildman–Crippen MR) is 92.6 cm³/mol. The number of rotatable bonds is 2. The van der Waals surface area contributed by atoms with E-state index in [1.807, 2.05) is 42.5 Å². The molecule has 4 rings (SSSR count). The van der Waals surface area contributed by atoms with Gasteiger partial charge in [-0.1, -0.05) is 24.3 Å². The minimum absolute atomic E-state index is 0.184. The molecule has 2 aromatic carbocycles. The van der Waals surface area contributed by atoms with Gasteiger partial charge >= 0.3 is 0 Å². The predicted octanol–water partition coefficient (Wildman–Crippen LogP) is 4.60. The quantitative estimate of drug-likeness (QED) is 0.716. The molecule has 1 aliphatic heterocycles. The van der Waals surface area contributed by atoms with Gasteiger partial charge in [0.05, 0.1) is 10.2 Å². The summed E-state index contributed by atoms with van der Waals surface area (Å²) in [5.41, 5.74) is 2.34. The van der Waals surface area contributed by atoms with E-state index in [1.165, 1.54) is 0 Å². The van der Waals surface area contributed by atoms with Gasteiger partial charge in [0.15, 0.2) is 11.5 Å². The number of benzene rings is 2. The van der Waals surface area contributed by atoms with E-state index in [0.29, 0.717) is 5.52 Å². The molecule has 1 aliphatic rings. The van der Waals surface area contributed by atoms with Gasteiger partial charge in [0.25, 0.3) is 0 Å². The Kier molecular flexibility index (Phi) is 3.42. The smallest absolute Gasteiger partial charge is 0.231 e. The van der Waals surface area contributed by atoms with Gasteiger partial charge < -0.3 is 14.6 Å². The summed E-state index contributed by atoms with van der Waals surface area (Å²) in [4.78, 5) is 4.48. The highest BCUT2D eigenvalue weighted by Gasteiger charge is 2.17. The van der Waals surface area contributed by atoms with Crippen molar-refractivity contribution in [3.05, 3.63) is 58.2 Å². The fourth-order valence-electron chi connectivity index (χ4n) is 2.50. The van der Waals surface area contributed by atoms with E-state index in [4.69, 9.17) is 9.47 Å². The van der Waals surface area contributed by atoms with Crippen LogP contribution in [0.25, 0.3) is 23.1 Å². The van der Waals surface area contributed by atoms with Crippen molar-refractivity contribution in [3.8, 4) is 17.2 Å². The summed E-state index contributed by atoms with van der Waals surface area (Å²) >= 11 is 3.48. The standard InChI is InChI=1S/C18H12BrNO3/c19-14-8-11(9-16-18(14)23-10-22-16)4-6-13-7-5-12-2-1-3-15(21)17(12)20-13/h1-9,21H,10H2/b6-4+. The summed E-state index contributed by atoms with van der Waals surface area (Å²) in [5, 5.41) is 10.8. The molecule has 0 amide bonds. The second-order valence-corrected chi connectivity index (χ2v) is 6.01. The number of phenolic OH excluding ortho intramolecular Hbond substituents is 1. The van der Waals surface area contributed by atoms with E-state index >= 15 is 0 Å². The average molecular weight is 370 g/mol. The number of hydrogen-bond acceptors (Lipinski definition) is 4. The fraction of sp³-hybridized carbons (Fsp3) is 0.0556. The van der Waals surface area contributed by atoms with Crippen LogP contribution in [-0.4, -0.2) is 16.9 Å². The normalized spacial score (nSPS) is 13.1. The molecule has 0 fully saturated rings. The van der Waals surface area contributed by atoms with Crippen LogP contribution in [0.2, 0.25) is 0 Å². The van der Waals surface area contributed by atoms with Gasteiger partial charge in [-0.15, -0.1) is 0 Å². The number of ether oxygens (including phenoxy) is 2. The zero-order valence-corrected chi connectivity index (χ0v) is 13.6. The van der Waals surface area contributed by atoms with Crippen molar-refractivity contribution < 1.29 is 14.6 Å². The zero-order chi connectivity index (χ0) is 15.8. The molecule has 0 atom stereocenters. The maximum Gasteiger partial charge on any atom is 0.231 e. The Hall–Kier alpha value is -2.53. The highest BCUT2D eigenvalue weighted by Crippen LogP contribution is 2.40. The third kappa shape index (κ3) is 2.64. The molecule has 3 aromatic rings. The van der Waals surface area contributed by atoms with Crippen molar-refractivity contribution in [2.75, 3.05) is 6.79 Å². The molecule has 0 saturated heterocycles. The van der Waals surface area contributed by atoms with E-state index in [-0.39, 0.29) is 12.5 Å². The lowest BCUT2D eigenvalue weighted by Crippen LogP contribution is -1.93. The third-order valence-corrected chi connectivity index (χ3v) is 4.21. The molecule has 0 spiro atoms. The van der Waals surface area contributed by atoms with Gasteiger partial charge in [0, 0.05) is 5.39 Å². The Morgan fingerprint density at radius 3 is 2.91 bits per heavy atom. The SMILES string of the molecule is Oc1cccc2ccc(/C=C/c3cc(Br)c4c(c3)OCO4)nc12. The van der Waals surface area contributed by atoms with Crippen LogP contribution in [0.15, 0.2) is 46.9 Å². The van der Waals surface area contributed by atoms with Gasteiger partial charge in [0.1, 0.15) is 11.3 Å². The Labute approximate surface area is 141 Å². The molecule has 0 unspecified atom stereocenters. The second-order valence-electron chi connectivity index (χ2n) is 5.15. The maximum absolute atomic E-state index is 9.90. The summed E-state index contributed by atoms with van der Waals surface area (Å²) in [6.45, 7) is 0.243. The van der Waals surface area contributed by atoms with Crippen molar-refractivity contribution in [1.29, 1.82) is 0 Å². The number of fused-ring (bicyclic) bond motifs is 2. The first kappa shape index (κ1) is 14.1. The molecular weight excluding hydrogens is 358 g/mol. The van der Waals surface area contributed by atoms with E-state index in [2.05, 4.69) is 20.9 Å². The Balaban J connectivity index is 1.69. The van der Waals surface area contributed by atoms with Crippen molar-refractivity contribution >= 4 is 39.0 Å². The number of pyridine rings is 1. The third-order valence-electron chi connectivity index (χ3n) is 3.62. The molecule has 114 valence electrons. The molecule has 0 aliphatic carbocycles. The largest absolute Gasteiger partial charge is 0.506 e. The molecule has 0 bridgehead atoms. The molecule has 2 heterocycles. The number of para-hydroxylation sites is 1. The first-order chi connectivity index (χ1) is 11.2. The first-order valence-electron chi connectivity index (χ1n) is 7.07. The Bertz CT molecular complexity index is 937. The molecule has 1 N–H and O–H groups in total. The van der Waals surface area contributed by atoms with Crippen LogP contribution in [-0.2, 0) is 0 Å². The van der Waals surface area contributed by atoms with Crippen LogP contribution in [0.1, 0.15) is 11.3 Å². The summed E-state index contributed by atoms with van der Waals surface area (Å²) < 4.78 is 11.6. The zero-order valence-electron chi connectivity index (χ0n) is 12.0. The molecule has 5 heteroatoms. The molecule has 1 aromatic heterocycles. The summed E-state index contributed by atoms with van der Waals surface area (Å²) in [5.74, 6) is 1.64. The summed E-state index contributed by atoms with van der Waals surface area (Å²) in [6, 6.07) is 13.1. The lowest BCUT2D eigenvalue weighted by molar-refractivity contribution is 0.173. The van der Waals surface area contributed by atoms with Crippen LogP contribution in [0.4, 0.5) is 0 Å². The van der Waals surface area contributed by atoms with Crippen LogP contribution in [0, 0.1) is 0 Å². The van der Waals surface area contributed by atoms with E-state index in [1.54, 1.807) is 12.1 Å². The number of nitrogens with zero attached hydrogens (tertiary/aromatic N) is 1. The average Bonchev–Trinajstić information content (AvgIpc) is 3.03. The molecule has 23 heavy (non-hydrogen) atoms. The van der Waals surface area contributed by atoms with Gasteiger partial charge in [-0.05, 0) is 51.8 Å². The van der Waals surface area contributed by atoms with Crippen molar-refractivity contribution in [1.82, 2.24) is 4.98 Å².